The largest absolute Gasteiger partial charge is 0.319 e. The Morgan fingerprint density at radius 2 is 2.11 bits per heavy atom. The van der Waals surface area contributed by atoms with Crippen LogP contribution in [0.15, 0.2) is 18.2 Å². The molecule has 2 fully saturated rings. The van der Waals surface area contributed by atoms with Crippen molar-refractivity contribution in [3.8, 4) is 0 Å². The molecule has 3 heteroatoms. The van der Waals surface area contributed by atoms with Gasteiger partial charge in [0.2, 0.25) is 0 Å². The molecule has 1 aromatic carbocycles. The first-order chi connectivity index (χ1) is 9.20. The van der Waals surface area contributed by atoms with E-state index in [0.29, 0.717) is 12.0 Å². The number of nitrogens with zero attached hydrogens (tertiary/aromatic N) is 1. The number of benzene rings is 1. The van der Waals surface area contributed by atoms with Crippen LogP contribution in [-0.4, -0.2) is 31.1 Å². The number of hydrogen-bond donors (Lipinski definition) is 1. The van der Waals surface area contributed by atoms with Crippen LogP contribution >= 0.6 is 0 Å². The van der Waals surface area contributed by atoms with Crippen LogP contribution in [-0.2, 0) is 0 Å². The Balaban J connectivity index is 1.89. The SMILES string of the molecule is CNCC1CCN(C2CC2)C1c1ccc(F)c(C)c1. The van der Waals surface area contributed by atoms with Gasteiger partial charge < -0.3 is 5.32 Å². The highest BCUT2D eigenvalue weighted by Gasteiger charge is 2.42. The van der Waals surface area contributed by atoms with Crippen molar-refractivity contribution in [3.63, 3.8) is 0 Å². The van der Waals surface area contributed by atoms with Gasteiger partial charge in [-0.3, -0.25) is 4.90 Å². The Morgan fingerprint density at radius 3 is 2.74 bits per heavy atom. The lowest BCUT2D eigenvalue weighted by molar-refractivity contribution is 0.217. The summed E-state index contributed by atoms with van der Waals surface area (Å²) in [5.74, 6) is 0.556. The fraction of sp³-hybridized carbons (Fsp3) is 0.625. The van der Waals surface area contributed by atoms with Crippen LogP contribution < -0.4 is 5.32 Å². The van der Waals surface area contributed by atoms with Crippen LogP contribution in [0.1, 0.15) is 36.4 Å². The average molecular weight is 262 g/mol. The molecule has 19 heavy (non-hydrogen) atoms. The predicted molar refractivity (Wildman–Crippen MR) is 75.6 cm³/mol. The smallest absolute Gasteiger partial charge is 0.126 e. The maximum absolute atomic E-state index is 13.5. The zero-order valence-corrected chi connectivity index (χ0v) is 11.8. The summed E-state index contributed by atoms with van der Waals surface area (Å²) in [4.78, 5) is 2.65. The summed E-state index contributed by atoms with van der Waals surface area (Å²) >= 11 is 0. The molecule has 1 heterocycles. The van der Waals surface area contributed by atoms with E-state index in [2.05, 4.69) is 10.2 Å². The van der Waals surface area contributed by atoms with Gasteiger partial charge in [0.05, 0.1) is 0 Å². The van der Waals surface area contributed by atoms with E-state index in [1.54, 1.807) is 6.07 Å². The van der Waals surface area contributed by atoms with Crippen molar-refractivity contribution >= 4 is 0 Å². The van der Waals surface area contributed by atoms with Crippen LogP contribution in [0.4, 0.5) is 4.39 Å². The van der Waals surface area contributed by atoms with Gasteiger partial charge in [-0.2, -0.15) is 0 Å². The normalized spacial score (nSPS) is 27.9. The van der Waals surface area contributed by atoms with E-state index < -0.39 is 0 Å². The number of nitrogens with one attached hydrogen (secondary N) is 1. The topological polar surface area (TPSA) is 15.3 Å². The Hall–Kier alpha value is -0.930. The van der Waals surface area contributed by atoms with Crippen molar-refractivity contribution in [2.45, 2.75) is 38.3 Å². The first-order valence-corrected chi connectivity index (χ1v) is 7.37. The average Bonchev–Trinajstić information content (AvgIpc) is 3.15. The molecule has 1 N–H and O–H groups in total. The lowest BCUT2D eigenvalue weighted by Crippen LogP contribution is -2.30. The summed E-state index contributed by atoms with van der Waals surface area (Å²) in [6.45, 7) is 4.10. The molecule has 0 radical (unpaired) electrons. The molecule has 1 aliphatic heterocycles. The van der Waals surface area contributed by atoms with Gasteiger partial charge in [0.15, 0.2) is 0 Å². The quantitative estimate of drug-likeness (QED) is 0.897. The van der Waals surface area contributed by atoms with Crippen LogP contribution in [0.5, 0.6) is 0 Å². The second-order valence-electron chi connectivity index (χ2n) is 6.03. The van der Waals surface area contributed by atoms with E-state index >= 15 is 0 Å². The number of aryl methyl sites for hydroxylation is 1. The maximum Gasteiger partial charge on any atom is 0.126 e. The molecule has 3 rings (SSSR count). The molecule has 104 valence electrons. The minimum atomic E-state index is -0.0927. The molecule has 0 aromatic heterocycles. The molecule has 1 aromatic rings. The number of likely N-dealkylation sites (tertiary alicyclic amines) is 1. The third-order valence-electron chi connectivity index (χ3n) is 4.57. The summed E-state index contributed by atoms with van der Waals surface area (Å²) in [6, 6.07) is 6.90. The van der Waals surface area contributed by atoms with Crippen LogP contribution in [0.25, 0.3) is 0 Å². The number of rotatable bonds is 4. The Labute approximate surface area is 115 Å². The van der Waals surface area contributed by atoms with Crippen LogP contribution in [0, 0.1) is 18.7 Å². The Kier molecular flexibility index (Phi) is 3.59. The number of hydrogen-bond acceptors (Lipinski definition) is 2. The van der Waals surface area contributed by atoms with Gasteiger partial charge in [0.1, 0.15) is 5.82 Å². The summed E-state index contributed by atoms with van der Waals surface area (Å²) in [6.07, 6.45) is 3.92. The van der Waals surface area contributed by atoms with Gasteiger partial charge >= 0.3 is 0 Å². The molecule has 1 saturated heterocycles. The molecule has 2 unspecified atom stereocenters. The maximum atomic E-state index is 13.5. The van der Waals surface area contributed by atoms with Crippen molar-refractivity contribution in [2.75, 3.05) is 20.1 Å². The minimum Gasteiger partial charge on any atom is -0.319 e. The monoisotopic (exact) mass is 262 g/mol. The zero-order chi connectivity index (χ0) is 13.4. The fourth-order valence-corrected chi connectivity index (χ4v) is 3.49. The molecule has 2 nitrogen and oxygen atoms in total. The molecule has 0 spiro atoms. The molecule has 0 bridgehead atoms. The summed E-state index contributed by atoms with van der Waals surface area (Å²) < 4.78 is 13.5. The van der Waals surface area contributed by atoms with Gasteiger partial charge in [0, 0.05) is 12.1 Å². The van der Waals surface area contributed by atoms with Crippen LogP contribution in [0.2, 0.25) is 0 Å². The third kappa shape index (κ3) is 2.54. The van der Waals surface area contributed by atoms with E-state index in [0.717, 1.165) is 18.2 Å². The van der Waals surface area contributed by atoms with E-state index in [-0.39, 0.29) is 5.82 Å². The van der Waals surface area contributed by atoms with Crippen molar-refractivity contribution in [1.29, 1.82) is 0 Å². The van der Waals surface area contributed by atoms with Gasteiger partial charge in [-0.1, -0.05) is 12.1 Å². The van der Waals surface area contributed by atoms with Gasteiger partial charge in [0.25, 0.3) is 0 Å². The second kappa shape index (κ2) is 5.22. The van der Waals surface area contributed by atoms with Crippen molar-refractivity contribution in [3.05, 3.63) is 35.1 Å². The Bertz CT molecular complexity index is 456. The molecular formula is C16H23FN2. The van der Waals surface area contributed by atoms with E-state index in [1.165, 1.54) is 31.4 Å². The molecule has 0 amide bonds. The molecular weight excluding hydrogens is 239 g/mol. The minimum absolute atomic E-state index is 0.0927. The lowest BCUT2D eigenvalue weighted by Gasteiger charge is -2.29. The summed E-state index contributed by atoms with van der Waals surface area (Å²) in [7, 11) is 2.02. The molecule has 1 saturated carbocycles. The first kappa shape index (κ1) is 13.1. The van der Waals surface area contributed by atoms with Gasteiger partial charge in [-0.15, -0.1) is 0 Å². The van der Waals surface area contributed by atoms with Crippen molar-refractivity contribution < 1.29 is 4.39 Å². The fourth-order valence-electron chi connectivity index (χ4n) is 3.49. The highest BCUT2D eigenvalue weighted by atomic mass is 19.1. The second-order valence-corrected chi connectivity index (χ2v) is 6.03. The highest BCUT2D eigenvalue weighted by Crippen LogP contribution is 2.44. The molecule has 1 aliphatic carbocycles. The van der Waals surface area contributed by atoms with E-state index in [9.17, 15) is 4.39 Å². The van der Waals surface area contributed by atoms with E-state index in [4.69, 9.17) is 0 Å². The van der Waals surface area contributed by atoms with Crippen molar-refractivity contribution in [2.24, 2.45) is 5.92 Å². The number of halogens is 1. The Morgan fingerprint density at radius 1 is 1.32 bits per heavy atom. The predicted octanol–water partition coefficient (Wildman–Crippen LogP) is 2.88. The lowest BCUT2D eigenvalue weighted by atomic mass is 9.92. The summed E-state index contributed by atoms with van der Waals surface area (Å²) in [5, 5.41) is 3.31. The third-order valence-corrected chi connectivity index (χ3v) is 4.57. The molecule has 2 aliphatic rings. The van der Waals surface area contributed by atoms with Gasteiger partial charge in [-0.25, -0.2) is 4.39 Å². The molecule has 2 atom stereocenters. The van der Waals surface area contributed by atoms with Crippen LogP contribution in [0.3, 0.4) is 0 Å². The van der Waals surface area contributed by atoms with Crippen molar-refractivity contribution in [1.82, 2.24) is 10.2 Å². The highest BCUT2D eigenvalue weighted by molar-refractivity contribution is 5.28. The van der Waals surface area contributed by atoms with E-state index in [1.807, 2.05) is 26.1 Å². The first-order valence-electron chi connectivity index (χ1n) is 7.37. The summed E-state index contributed by atoms with van der Waals surface area (Å²) in [5.41, 5.74) is 2.06. The zero-order valence-electron chi connectivity index (χ0n) is 11.8. The van der Waals surface area contributed by atoms with Gasteiger partial charge in [-0.05, 0) is 69.4 Å². The standard InChI is InChI=1S/C16H23FN2/c1-11-9-12(3-6-15(11)17)16-13(10-18-2)7-8-19(16)14-4-5-14/h3,6,9,13-14,16,18H,4-5,7-8,10H2,1-2H3.